The van der Waals surface area contributed by atoms with Crippen LogP contribution in [0.3, 0.4) is 0 Å². The highest BCUT2D eigenvalue weighted by Crippen LogP contribution is 2.29. The van der Waals surface area contributed by atoms with Crippen molar-refractivity contribution in [1.29, 1.82) is 0 Å². The first-order valence-electron chi connectivity index (χ1n) is 7.01. The number of para-hydroxylation sites is 1. The normalized spacial score (nSPS) is 16.9. The Labute approximate surface area is 128 Å². The third-order valence-corrected chi connectivity index (χ3v) is 4.91. The van der Waals surface area contributed by atoms with Gasteiger partial charge in [0, 0.05) is 55.2 Å². The first-order valence-corrected chi connectivity index (χ1v) is 8.54. The van der Waals surface area contributed by atoms with Crippen molar-refractivity contribution in [3.63, 3.8) is 0 Å². The number of hydrogen-bond acceptors (Lipinski definition) is 4. The molecule has 3 rings (SSSR count). The van der Waals surface area contributed by atoms with Crippen molar-refractivity contribution >= 4 is 34.3 Å². The van der Waals surface area contributed by atoms with E-state index in [1.54, 1.807) is 0 Å². The van der Waals surface area contributed by atoms with Crippen molar-refractivity contribution in [2.24, 2.45) is 0 Å². The number of thioether (sulfide) groups is 1. The summed E-state index contributed by atoms with van der Waals surface area (Å²) in [5.74, 6) is 2.52. The van der Waals surface area contributed by atoms with E-state index < -0.39 is 0 Å². The van der Waals surface area contributed by atoms with Gasteiger partial charge in [0.2, 0.25) is 0 Å². The van der Waals surface area contributed by atoms with Crippen LogP contribution in [0.4, 0.5) is 0 Å². The van der Waals surface area contributed by atoms with Crippen LogP contribution >= 0.6 is 23.4 Å². The van der Waals surface area contributed by atoms with E-state index in [4.69, 9.17) is 16.0 Å². The maximum Gasteiger partial charge on any atom is 0.199 e. The van der Waals surface area contributed by atoms with E-state index in [-0.39, 0.29) is 0 Å². The molecule has 2 heterocycles. The van der Waals surface area contributed by atoms with Crippen molar-refractivity contribution in [1.82, 2.24) is 10.2 Å². The molecule has 1 aliphatic heterocycles. The zero-order chi connectivity index (χ0) is 13.8. The number of rotatable bonds is 5. The quantitative estimate of drug-likeness (QED) is 0.858. The van der Waals surface area contributed by atoms with Gasteiger partial charge in [0.05, 0.1) is 0 Å². The second kappa shape index (κ2) is 6.85. The molecule has 0 bridgehead atoms. The largest absolute Gasteiger partial charge is 0.444 e. The zero-order valence-corrected chi connectivity index (χ0v) is 13.0. The SMILES string of the molecule is Clc1oc2ccccc2c1CNCCN1CCSCC1. The fourth-order valence-corrected chi connectivity index (χ4v) is 3.74. The minimum Gasteiger partial charge on any atom is -0.444 e. The molecule has 1 N–H and O–H groups in total. The van der Waals surface area contributed by atoms with Gasteiger partial charge in [-0.1, -0.05) is 18.2 Å². The highest BCUT2D eigenvalue weighted by Gasteiger charge is 2.12. The van der Waals surface area contributed by atoms with Crippen LogP contribution in [0.15, 0.2) is 28.7 Å². The molecule has 0 amide bonds. The molecule has 5 heteroatoms. The van der Waals surface area contributed by atoms with Crippen molar-refractivity contribution in [2.75, 3.05) is 37.7 Å². The molecule has 0 aliphatic carbocycles. The molecule has 108 valence electrons. The van der Waals surface area contributed by atoms with Crippen LogP contribution < -0.4 is 5.32 Å². The molecule has 0 atom stereocenters. The summed E-state index contributed by atoms with van der Waals surface area (Å²) < 4.78 is 5.56. The summed E-state index contributed by atoms with van der Waals surface area (Å²) >= 11 is 8.22. The third-order valence-electron chi connectivity index (χ3n) is 3.66. The number of halogens is 1. The molecule has 1 aromatic heterocycles. The van der Waals surface area contributed by atoms with Crippen LogP contribution in [0, 0.1) is 0 Å². The van der Waals surface area contributed by atoms with E-state index in [2.05, 4.69) is 16.3 Å². The van der Waals surface area contributed by atoms with E-state index >= 15 is 0 Å². The van der Waals surface area contributed by atoms with Crippen LogP contribution in [0.1, 0.15) is 5.56 Å². The number of benzene rings is 1. The van der Waals surface area contributed by atoms with Crippen molar-refractivity contribution in [3.05, 3.63) is 35.0 Å². The Morgan fingerprint density at radius 3 is 2.90 bits per heavy atom. The Morgan fingerprint density at radius 1 is 1.25 bits per heavy atom. The summed E-state index contributed by atoms with van der Waals surface area (Å²) in [6.07, 6.45) is 0. The molecule has 1 fully saturated rings. The van der Waals surface area contributed by atoms with Crippen LogP contribution in [-0.2, 0) is 6.54 Å². The predicted octanol–water partition coefficient (Wildman–Crippen LogP) is 3.22. The second-order valence-electron chi connectivity index (χ2n) is 4.98. The molecule has 0 saturated carbocycles. The summed E-state index contributed by atoms with van der Waals surface area (Å²) in [5.41, 5.74) is 1.93. The lowest BCUT2D eigenvalue weighted by Crippen LogP contribution is -2.37. The molecule has 1 aromatic carbocycles. The van der Waals surface area contributed by atoms with Gasteiger partial charge in [-0.05, 0) is 17.7 Å². The Bertz CT molecular complexity index is 566. The van der Waals surface area contributed by atoms with Gasteiger partial charge < -0.3 is 14.6 Å². The Morgan fingerprint density at radius 2 is 2.05 bits per heavy atom. The zero-order valence-electron chi connectivity index (χ0n) is 11.4. The molecule has 0 spiro atoms. The van der Waals surface area contributed by atoms with Crippen molar-refractivity contribution < 1.29 is 4.42 Å². The summed E-state index contributed by atoms with van der Waals surface area (Å²) in [5, 5.41) is 5.09. The molecular formula is C15H19ClN2OS. The summed E-state index contributed by atoms with van der Waals surface area (Å²) in [4.78, 5) is 2.51. The second-order valence-corrected chi connectivity index (χ2v) is 6.55. The van der Waals surface area contributed by atoms with Crippen LogP contribution in [0.5, 0.6) is 0 Å². The Kier molecular flexibility index (Phi) is 4.89. The van der Waals surface area contributed by atoms with Gasteiger partial charge in [-0.25, -0.2) is 0 Å². The van der Waals surface area contributed by atoms with Gasteiger partial charge >= 0.3 is 0 Å². The van der Waals surface area contributed by atoms with Crippen LogP contribution in [-0.4, -0.2) is 42.6 Å². The number of nitrogens with zero attached hydrogens (tertiary/aromatic N) is 1. The Balaban J connectivity index is 1.53. The van der Waals surface area contributed by atoms with Gasteiger partial charge in [0.25, 0.3) is 0 Å². The number of hydrogen-bond donors (Lipinski definition) is 1. The maximum atomic E-state index is 6.18. The minimum absolute atomic E-state index is 0.507. The minimum atomic E-state index is 0.507. The average molecular weight is 311 g/mol. The first kappa shape index (κ1) is 14.3. The molecule has 0 unspecified atom stereocenters. The summed E-state index contributed by atoms with van der Waals surface area (Å²) in [6, 6.07) is 8.00. The number of nitrogens with one attached hydrogen (secondary N) is 1. The number of furan rings is 1. The molecule has 20 heavy (non-hydrogen) atoms. The van der Waals surface area contributed by atoms with E-state index in [0.29, 0.717) is 5.22 Å². The summed E-state index contributed by atoms with van der Waals surface area (Å²) in [6.45, 7) is 5.27. The van der Waals surface area contributed by atoms with E-state index in [0.717, 1.165) is 36.2 Å². The van der Waals surface area contributed by atoms with Crippen LogP contribution in [0.25, 0.3) is 11.0 Å². The highest BCUT2D eigenvalue weighted by molar-refractivity contribution is 7.99. The smallest absolute Gasteiger partial charge is 0.199 e. The van der Waals surface area contributed by atoms with Crippen LogP contribution in [0.2, 0.25) is 5.22 Å². The maximum absolute atomic E-state index is 6.18. The van der Waals surface area contributed by atoms with E-state index in [1.165, 1.54) is 24.6 Å². The molecule has 3 nitrogen and oxygen atoms in total. The lowest BCUT2D eigenvalue weighted by molar-refractivity contribution is 0.301. The van der Waals surface area contributed by atoms with Gasteiger partial charge in [-0.2, -0.15) is 11.8 Å². The molecular weight excluding hydrogens is 292 g/mol. The van der Waals surface area contributed by atoms with E-state index in [9.17, 15) is 0 Å². The third kappa shape index (κ3) is 3.31. The highest BCUT2D eigenvalue weighted by atomic mass is 35.5. The van der Waals surface area contributed by atoms with Gasteiger partial charge in [0.1, 0.15) is 5.58 Å². The van der Waals surface area contributed by atoms with Gasteiger partial charge in [-0.15, -0.1) is 0 Å². The monoisotopic (exact) mass is 310 g/mol. The van der Waals surface area contributed by atoms with Gasteiger partial charge in [0.15, 0.2) is 5.22 Å². The molecule has 0 radical (unpaired) electrons. The molecule has 1 saturated heterocycles. The average Bonchev–Trinajstić information content (AvgIpc) is 2.80. The fourth-order valence-electron chi connectivity index (χ4n) is 2.51. The fraction of sp³-hybridized carbons (Fsp3) is 0.467. The van der Waals surface area contributed by atoms with E-state index in [1.807, 2.05) is 30.0 Å². The lowest BCUT2D eigenvalue weighted by atomic mass is 10.2. The van der Waals surface area contributed by atoms with Gasteiger partial charge in [-0.3, -0.25) is 0 Å². The molecule has 2 aromatic rings. The number of fused-ring (bicyclic) bond motifs is 1. The lowest BCUT2D eigenvalue weighted by Gasteiger charge is -2.26. The first-order chi connectivity index (χ1) is 9.84. The van der Waals surface area contributed by atoms with Crippen molar-refractivity contribution in [2.45, 2.75) is 6.54 Å². The molecule has 1 aliphatic rings. The topological polar surface area (TPSA) is 28.4 Å². The van der Waals surface area contributed by atoms with Crippen molar-refractivity contribution in [3.8, 4) is 0 Å². The predicted molar refractivity (Wildman–Crippen MR) is 86.7 cm³/mol. The standard InChI is InChI=1S/C15H19ClN2OS/c16-15-13(12-3-1-2-4-14(12)19-15)11-17-5-6-18-7-9-20-10-8-18/h1-4,17H,5-11H2. The summed E-state index contributed by atoms with van der Waals surface area (Å²) in [7, 11) is 0. The Hall–Kier alpha value is -0.680.